The van der Waals surface area contributed by atoms with Crippen molar-refractivity contribution in [1.82, 2.24) is 0 Å². The Morgan fingerprint density at radius 2 is 2.11 bits per heavy atom. The Hall–Kier alpha value is -0.740. The number of benzene rings is 1. The maximum absolute atomic E-state index is 5.94. The third-order valence-electron chi connectivity index (χ3n) is 2.74. The van der Waals surface area contributed by atoms with Crippen LogP contribution < -0.4 is 15.2 Å². The summed E-state index contributed by atoms with van der Waals surface area (Å²) >= 11 is 3.54. The van der Waals surface area contributed by atoms with E-state index in [-0.39, 0.29) is 6.10 Å². The summed E-state index contributed by atoms with van der Waals surface area (Å²) in [4.78, 5) is 0. The average Bonchev–Trinajstić information content (AvgIpc) is 2.33. The van der Waals surface area contributed by atoms with Crippen molar-refractivity contribution >= 4 is 15.9 Å². The second-order valence-corrected chi connectivity index (χ2v) is 5.22. The largest absolute Gasteiger partial charge is 0.493 e. The molecule has 0 saturated heterocycles. The van der Waals surface area contributed by atoms with Crippen LogP contribution in [-0.4, -0.2) is 19.8 Å². The molecule has 3 nitrogen and oxygen atoms in total. The van der Waals surface area contributed by atoms with E-state index in [1.54, 1.807) is 7.11 Å². The fraction of sp³-hybridized carbons (Fsp3) is 0.571. The Morgan fingerprint density at radius 3 is 2.67 bits per heavy atom. The van der Waals surface area contributed by atoms with Crippen LogP contribution in [0.2, 0.25) is 0 Å². The van der Waals surface area contributed by atoms with Crippen molar-refractivity contribution in [3.05, 3.63) is 22.2 Å². The van der Waals surface area contributed by atoms with Gasteiger partial charge < -0.3 is 15.2 Å². The van der Waals surface area contributed by atoms with Crippen LogP contribution >= 0.6 is 15.9 Å². The Bertz CT molecular complexity index is 382. The van der Waals surface area contributed by atoms with Crippen LogP contribution in [0.4, 0.5) is 0 Å². The van der Waals surface area contributed by atoms with Gasteiger partial charge in [-0.05, 0) is 59.9 Å². The highest BCUT2D eigenvalue weighted by Crippen LogP contribution is 2.37. The molecule has 2 N–H and O–H groups in total. The van der Waals surface area contributed by atoms with E-state index in [2.05, 4.69) is 29.8 Å². The van der Waals surface area contributed by atoms with E-state index in [1.807, 2.05) is 12.1 Å². The van der Waals surface area contributed by atoms with Gasteiger partial charge in [0.1, 0.15) is 0 Å². The summed E-state index contributed by atoms with van der Waals surface area (Å²) in [5, 5.41) is 0. The highest BCUT2D eigenvalue weighted by Gasteiger charge is 2.14. The van der Waals surface area contributed by atoms with E-state index in [1.165, 1.54) is 0 Å². The highest BCUT2D eigenvalue weighted by molar-refractivity contribution is 9.10. The van der Waals surface area contributed by atoms with Gasteiger partial charge in [-0.2, -0.15) is 0 Å². The van der Waals surface area contributed by atoms with E-state index >= 15 is 0 Å². The lowest BCUT2D eigenvalue weighted by atomic mass is 10.1. The van der Waals surface area contributed by atoms with Crippen LogP contribution in [0.5, 0.6) is 11.5 Å². The van der Waals surface area contributed by atoms with Crippen LogP contribution in [0.1, 0.15) is 32.3 Å². The molecule has 18 heavy (non-hydrogen) atoms. The molecule has 102 valence electrons. The first-order valence-electron chi connectivity index (χ1n) is 6.35. The molecule has 1 aromatic carbocycles. The van der Waals surface area contributed by atoms with E-state index in [0.29, 0.717) is 6.54 Å². The van der Waals surface area contributed by atoms with Crippen molar-refractivity contribution in [3.63, 3.8) is 0 Å². The van der Waals surface area contributed by atoms with Crippen molar-refractivity contribution in [2.24, 2.45) is 5.73 Å². The molecule has 0 heterocycles. The minimum atomic E-state index is 0.181. The number of ether oxygens (including phenoxy) is 2. The molecule has 1 unspecified atom stereocenters. The lowest BCUT2D eigenvalue weighted by molar-refractivity contribution is 0.199. The van der Waals surface area contributed by atoms with Gasteiger partial charge in [0.15, 0.2) is 11.5 Å². The Balaban J connectivity index is 2.95. The van der Waals surface area contributed by atoms with Crippen molar-refractivity contribution < 1.29 is 9.47 Å². The second-order valence-electron chi connectivity index (χ2n) is 4.36. The third kappa shape index (κ3) is 4.18. The average molecular weight is 316 g/mol. The molecule has 1 rings (SSSR count). The van der Waals surface area contributed by atoms with E-state index in [9.17, 15) is 0 Å². The molecule has 1 aromatic rings. The standard InChI is InChI=1S/C14H22BrNO2/c1-4-5-10(2)18-14-12(15)8-11(6-7-16)9-13(14)17-3/h8-10H,4-7,16H2,1-3H3. The molecule has 0 bridgehead atoms. The van der Waals surface area contributed by atoms with Gasteiger partial charge in [-0.3, -0.25) is 0 Å². The molecular weight excluding hydrogens is 294 g/mol. The molecule has 1 atom stereocenters. The predicted octanol–water partition coefficient (Wildman–Crippen LogP) is 3.53. The number of halogens is 1. The lowest BCUT2D eigenvalue weighted by Crippen LogP contribution is -2.12. The quantitative estimate of drug-likeness (QED) is 0.837. The minimum absolute atomic E-state index is 0.181. The second kappa shape index (κ2) is 7.64. The molecule has 0 aliphatic heterocycles. The molecular formula is C14H22BrNO2. The summed E-state index contributed by atoms with van der Waals surface area (Å²) in [5.41, 5.74) is 6.72. The molecule has 0 aliphatic carbocycles. The first kappa shape index (κ1) is 15.3. The predicted molar refractivity (Wildman–Crippen MR) is 78.5 cm³/mol. The SMILES string of the molecule is CCCC(C)Oc1c(Br)cc(CCN)cc1OC. The van der Waals surface area contributed by atoms with Gasteiger partial charge in [-0.1, -0.05) is 13.3 Å². The van der Waals surface area contributed by atoms with Crippen LogP contribution in [0.25, 0.3) is 0 Å². The fourth-order valence-electron chi connectivity index (χ4n) is 1.87. The van der Waals surface area contributed by atoms with E-state index in [0.717, 1.165) is 40.8 Å². The van der Waals surface area contributed by atoms with Crippen LogP contribution in [0, 0.1) is 0 Å². The highest BCUT2D eigenvalue weighted by atomic mass is 79.9. The van der Waals surface area contributed by atoms with Gasteiger partial charge in [0.25, 0.3) is 0 Å². The summed E-state index contributed by atoms with van der Waals surface area (Å²) in [6.07, 6.45) is 3.15. The van der Waals surface area contributed by atoms with Gasteiger partial charge in [0.05, 0.1) is 17.7 Å². The van der Waals surface area contributed by atoms with Gasteiger partial charge in [-0.25, -0.2) is 0 Å². The van der Waals surface area contributed by atoms with Crippen molar-refractivity contribution in [2.45, 2.75) is 39.2 Å². The fourth-order valence-corrected chi connectivity index (χ4v) is 2.45. The van der Waals surface area contributed by atoms with Crippen molar-refractivity contribution in [1.29, 1.82) is 0 Å². The summed E-state index contributed by atoms with van der Waals surface area (Å²) < 4.78 is 12.3. The molecule has 0 saturated carbocycles. The Labute approximate surface area is 118 Å². The van der Waals surface area contributed by atoms with E-state index in [4.69, 9.17) is 15.2 Å². The first-order chi connectivity index (χ1) is 8.62. The van der Waals surface area contributed by atoms with Crippen LogP contribution in [0.3, 0.4) is 0 Å². The van der Waals surface area contributed by atoms with Gasteiger partial charge in [-0.15, -0.1) is 0 Å². The molecule has 0 spiro atoms. The normalized spacial score (nSPS) is 12.3. The number of nitrogens with two attached hydrogens (primary N) is 1. The summed E-state index contributed by atoms with van der Waals surface area (Å²) in [6.45, 7) is 4.85. The summed E-state index contributed by atoms with van der Waals surface area (Å²) in [6, 6.07) is 4.04. The van der Waals surface area contributed by atoms with Crippen LogP contribution in [-0.2, 0) is 6.42 Å². The lowest BCUT2D eigenvalue weighted by Gasteiger charge is -2.18. The zero-order valence-electron chi connectivity index (χ0n) is 11.3. The molecule has 0 radical (unpaired) electrons. The van der Waals surface area contributed by atoms with E-state index < -0.39 is 0 Å². The van der Waals surface area contributed by atoms with Crippen molar-refractivity contribution in [2.75, 3.05) is 13.7 Å². The number of hydrogen-bond acceptors (Lipinski definition) is 3. The Morgan fingerprint density at radius 1 is 1.39 bits per heavy atom. The maximum atomic E-state index is 5.94. The maximum Gasteiger partial charge on any atom is 0.175 e. The van der Waals surface area contributed by atoms with Gasteiger partial charge in [0.2, 0.25) is 0 Å². The summed E-state index contributed by atoms with van der Waals surface area (Å²) in [5.74, 6) is 1.54. The summed E-state index contributed by atoms with van der Waals surface area (Å²) in [7, 11) is 1.66. The van der Waals surface area contributed by atoms with Crippen molar-refractivity contribution in [3.8, 4) is 11.5 Å². The topological polar surface area (TPSA) is 44.5 Å². The number of rotatable bonds is 7. The molecule has 0 amide bonds. The first-order valence-corrected chi connectivity index (χ1v) is 7.14. The smallest absolute Gasteiger partial charge is 0.175 e. The Kier molecular flexibility index (Phi) is 6.50. The zero-order valence-corrected chi connectivity index (χ0v) is 12.9. The van der Waals surface area contributed by atoms with Gasteiger partial charge >= 0.3 is 0 Å². The monoisotopic (exact) mass is 315 g/mol. The number of hydrogen-bond donors (Lipinski definition) is 1. The minimum Gasteiger partial charge on any atom is -0.493 e. The number of methoxy groups -OCH3 is 1. The zero-order chi connectivity index (χ0) is 13.5. The van der Waals surface area contributed by atoms with Gasteiger partial charge in [0, 0.05) is 0 Å². The molecule has 4 heteroatoms. The third-order valence-corrected chi connectivity index (χ3v) is 3.33. The molecule has 0 fully saturated rings. The van der Waals surface area contributed by atoms with Crippen LogP contribution in [0.15, 0.2) is 16.6 Å². The molecule has 0 aliphatic rings. The molecule has 0 aromatic heterocycles.